The molecule has 0 unspecified atom stereocenters. The fourth-order valence-electron chi connectivity index (χ4n) is 2.23. The highest BCUT2D eigenvalue weighted by atomic mass is 32.1. The van der Waals surface area contributed by atoms with E-state index in [0.29, 0.717) is 29.5 Å². The molecule has 6 nitrogen and oxygen atoms in total. The number of hydrogen-bond acceptors (Lipinski definition) is 5. The standard InChI is InChI=1S/C15H15FN4O2S/c16-11-3-1-10(2-4-11)13(21)19-15-18-12(9-23-15)14(22)20-7-5-17-6-8-20/h1-4,9,17H,5-8H2,(H,18,19,21). The summed E-state index contributed by atoms with van der Waals surface area (Å²) in [6, 6.07) is 5.22. The molecule has 2 heterocycles. The summed E-state index contributed by atoms with van der Waals surface area (Å²) in [7, 11) is 0. The number of nitrogens with one attached hydrogen (secondary N) is 2. The summed E-state index contributed by atoms with van der Waals surface area (Å²) in [4.78, 5) is 30.2. The summed E-state index contributed by atoms with van der Waals surface area (Å²) in [6.07, 6.45) is 0. The van der Waals surface area contributed by atoms with Gasteiger partial charge in [-0.1, -0.05) is 0 Å². The van der Waals surface area contributed by atoms with Crippen LogP contribution in [-0.2, 0) is 0 Å². The van der Waals surface area contributed by atoms with Crippen molar-refractivity contribution in [2.24, 2.45) is 0 Å². The molecule has 1 aliphatic heterocycles. The van der Waals surface area contributed by atoms with Crippen LogP contribution in [0.1, 0.15) is 20.8 Å². The van der Waals surface area contributed by atoms with Gasteiger partial charge in [-0.2, -0.15) is 0 Å². The first-order valence-corrected chi connectivity index (χ1v) is 8.04. The third-order valence-corrected chi connectivity index (χ3v) is 4.21. The summed E-state index contributed by atoms with van der Waals surface area (Å²) >= 11 is 1.19. The summed E-state index contributed by atoms with van der Waals surface area (Å²) in [6.45, 7) is 2.83. The molecule has 1 aromatic heterocycles. The highest BCUT2D eigenvalue weighted by Crippen LogP contribution is 2.18. The van der Waals surface area contributed by atoms with Crippen molar-refractivity contribution in [1.82, 2.24) is 15.2 Å². The first-order valence-electron chi connectivity index (χ1n) is 7.16. The number of rotatable bonds is 3. The van der Waals surface area contributed by atoms with Gasteiger partial charge < -0.3 is 10.2 Å². The van der Waals surface area contributed by atoms with Crippen molar-refractivity contribution >= 4 is 28.3 Å². The van der Waals surface area contributed by atoms with Crippen molar-refractivity contribution < 1.29 is 14.0 Å². The van der Waals surface area contributed by atoms with Gasteiger partial charge in [-0.3, -0.25) is 14.9 Å². The van der Waals surface area contributed by atoms with Gasteiger partial charge in [0.1, 0.15) is 11.5 Å². The van der Waals surface area contributed by atoms with E-state index in [4.69, 9.17) is 0 Å². The Balaban J connectivity index is 1.65. The van der Waals surface area contributed by atoms with Crippen molar-refractivity contribution in [2.75, 3.05) is 31.5 Å². The van der Waals surface area contributed by atoms with E-state index in [9.17, 15) is 14.0 Å². The Morgan fingerprint density at radius 1 is 1.22 bits per heavy atom. The van der Waals surface area contributed by atoms with E-state index in [2.05, 4.69) is 15.6 Å². The zero-order valence-electron chi connectivity index (χ0n) is 12.2. The fourth-order valence-corrected chi connectivity index (χ4v) is 2.91. The molecule has 3 rings (SSSR count). The summed E-state index contributed by atoms with van der Waals surface area (Å²) < 4.78 is 12.9. The number of aromatic nitrogens is 1. The molecule has 0 aliphatic carbocycles. The number of piperazine rings is 1. The number of thiazole rings is 1. The predicted octanol–water partition coefficient (Wildman–Crippen LogP) is 1.58. The molecule has 0 atom stereocenters. The van der Waals surface area contributed by atoms with Gasteiger partial charge in [0.05, 0.1) is 0 Å². The number of amides is 2. The van der Waals surface area contributed by atoms with Crippen LogP contribution in [0, 0.1) is 5.82 Å². The molecule has 8 heteroatoms. The van der Waals surface area contributed by atoms with E-state index in [-0.39, 0.29) is 11.8 Å². The molecule has 1 fully saturated rings. The molecule has 1 saturated heterocycles. The molecular formula is C15H15FN4O2S. The minimum absolute atomic E-state index is 0.134. The SMILES string of the molecule is O=C(Nc1nc(C(=O)N2CCNCC2)cs1)c1ccc(F)cc1. The molecular weight excluding hydrogens is 319 g/mol. The Labute approximate surface area is 136 Å². The maximum Gasteiger partial charge on any atom is 0.273 e. The topological polar surface area (TPSA) is 74.3 Å². The van der Waals surface area contributed by atoms with Crippen molar-refractivity contribution in [3.8, 4) is 0 Å². The first kappa shape index (κ1) is 15.6. The second-order valence-electron chi connectivity index (χ2n) is 5.04. The van der Waals surface area contributed by atoms with Gasteiger partial charge in [0.15, 0.2) is 5.13 Å². The van der Waals surface area contributed by atoms with E-state index in [1.807, 2.05) is 0 Å². The van der Waals surface area contributed by atoms with Crippen LogP contribution >= 0.6 is 11.3 Å². The predicted molar refractivity (Wildman–Crippen MR) is 85.2 cm³/mol. The third-order valence-electron chi connectivity index (χ3n) is 3.45. The Kier molecular flexibility index (Phi) is 4.63. The Morgan fingerprint density at radius 2 is 1.91 bits per heavy atom. The average Bonchev–Trinajstić information content (AvgIpc) is 3.04. The zero-order chi connectivity index (χ0) is 16.2. The smallest absolute Gasteiger partial charge is 0.273 e. The molecule has 0 spiro atoms. The van der Waals surface area contributed by atoms with E-state index in [1.165, 1.54) is 35.6 Å². The quantitative estimate of drug-likeness (QED) is 0.894. The van der Waals surface area contributed by atoms with Crippen molar-refractivity contribution in [3.05, 3.63) is 46.7 Å². The zero-order valence-corrected chi connectivity index (χ0v) is 13.0. The lowest BCUT2D eigenvalue weighted by Gasteiger charge is -2.26. The number of hydrogen-bond donors (Lipinski definition) is 2. The second-order valence-corrected chi connectivity index (χ2v) is 5.90. The van der Waals surface area contributed by atoms with Crippen LogP contribution in [-0.4, -0.2) is 47.9 Å². The number of halogens is 1. The fraction of sp³-hybridized carbons (Fsp3) is 0.267. The van der Waals surface area contributed by atoms with Gasteiger partial charge in [0, 0.05) is 37.1 Å². The number of carbonyl (C=O) groups excluding carboxylic acids is 2. The molecule has 0 saturated carbocycles. The molecule has 1 aromatic carbocycles. The van der Waals surface area contributed by atoms with Gasteiger partial charge in [-0.15, -0.1) is 11.3 Å². The van der Waals surface area contributed by atoms with Gasteiger partial charge in [-0.05, 0) is 24.3 Å². The van der Waals surface area contributed by atoms with E-state index >= 15 is 0 Å². The van der Waals surface area contributed by atoms with E-state index in [0.717, 1.165) is 13.1 Å². The lowest BCUT2D eigenvalue weighted by Crippen LogP contribution is -2.46. The van der Waals surface area contributed by atoms with Crippen LogP contribution in [0.15, 0.2) is 29.6 Å². The largest absolute Gasteiger partial charge is 0.335 e. The van der Waals surface area contributed by atoms with E-state index in [1.54, 1.807) is 10.3 Å². The third kappa shape index (κ3) is 3.72. The first-order chi connectivity index (χ1) is 11.1. The Morgan fingerprint density at radius 3 is 2.61 bits per heavy atom. The number of nitrogens with zero attached hydrogens (tertiary/aromatic N) is 2. The molecule has 0 bridgehead atoms. The molecule has 120 valence electrons. The van der Waals surface area contributed by atoms with Gasteiger partial charge >= 0.3 is 0 Å². The molecule has 0 radical (unpaired) electrons. The van der Waals surface area contributed by atoms with E-state index < -0.39 is 5.82 Å². The normalized spacial score (nSPS) is 14.6. The van der Waals surface area contributed by atoms with Crippen LogP contribution in [0.5, 0.6) is 0 Å². The minimum Gasteiger partial charge on any atom is -0.335 e. The molecule has 23 heavy (non-hydrogen) atoms. The Hall–Kier alpha value is -2.32. The number of benzene rings is 1. The maximum absolute atomic E-state index is 12.9. The molecule has 2 N–H and O–H groups in total. The second kappa shape index (κ2) is 6.84. The monoisotopic (exact) mass is 334 g/mol. The molecule has 2 amide bonds. The molecule has 2 aromatic rings. The van der Waals surface area contributed by atoms with Crippen LogP contribution in [0.2, 0.25) is 0 Å². The van der Waals surface area contributed by atoms with Gasteiger partial charge in [0.2, 0.25) is 0 Å². The van der Waals surface area contributed by atoms with Gasteiger partial charge in [-0.25, -0.2) is 9.37 Å². The lowest BCUT2D eigenvalue weighted by atomic mass is 10.2. The van der Waals surface area contributed by atoms with Crippen molar-refractivity contribution in [1.29, 1.82) is 0 Å². The van der Waals surface area contributed by atoms with Crippen molar-refractivity contribution in [2.45, 2.75) is 0 Å². The number of anilines is 1. The van der Waals surface area contributed by atoms with Crippen LogP contribution in [0.4, 0.5) is 9.52 Å². The summed E-state index contributed by atoms with van der Waals surface area (Å²) in [5.74, 6) is -0.926. The van der Waals surface area contributed by atoms with Gasteiger partial charge in [0.25, 0.3) is 11.8 Å². The minimum atomic E-state index is -0.403. The van der Waals surface area contributed by atoms with Crippen LogP contribution in [0.3, 0.4) is 0 Å². The number of carbonyl (C=O) groups is 2. The average molecular weight is 334 g/mol. The molecule has 1 aliphatic rings. The van der Waals surface area contributed by atoms with Crippen LogP contribution < -0.4 is 10.6 Å². The summed E-state index contributed by atoms with van der Waals surface area (Å²) in [5, 5.41) is 7.77. The highest BCUT2D eigenvalue weighted by Gasteiger charge is 2.20. The highest BCUT2D eigenvalue weighted by molar-refractivity contribution is 7.14. The Bertz CT molecular complexity index is 711. The summed E-state index contributed by atoms with van der Waals surface area (Å²) in [5.41, 5.74) is 0.655. The lowest BCUT2D eigenvalue weighted by molar-refractivity contribution is 0.0730. The van der Waals surface area contributed by atoms with Crippen LogP contribution in [0.25, 0.3) is 0 Å². The maximum atomic E-state index is 12.9. The van der Waals surface area contributed by atoms with Crippen molar-refractivity contribution in [3.63, 3.8) is 0 Å².